The third-order valence-electron chi connectivity index (χ3n) is 5.19. The Hall–Kier alpha value is -3.54. The van der Waals surface area contributed by atoms with Crippen molar-refractivity contribution in [2.24, 2.45) is 0 Å². The molecule has 146 valence electrons. The van der Waals surface area contributed by atoms with Crippen molar-refractivity contribution in [2.75, 3.05) is 5.32 Å². The highest BCUT2D eigenvalue weighted by Gasteiger charge is 2.17. The molecule has 2 aromatic heterocycles. The van der Waals surface area contributed by atoms with Gasteiger partial charge < -0.3 is 5.32 Å². The molecule has 0 radical (unpaired) electrons. The van der Waals surface area contributed by atoms with Crippen LogP contribution in [0, 0.1) is 27.7 Å². The van der Waals surface area contributed by atoms with Crippen LogP contribution in [0.3, 0.4) is 0 Å². The van der Waals surface area contributed by atoms with Crippen molar-refractivity contribution in [3.05, 3.63) is 76.6 Å². The lowest BCUT2D eigenvalue weighted by atomic mass is 10.1. The molecule has 0 aliphatic carbocycles. The molecule has 29 heavy (non-hydrogen) atoms. The minimum Gasteiger partial charge on any atom is -0.326 e. The molecule has 0 fully saturated rings. The molecular formula is C23H23N5O. The number of hydrogen-bond acceptors (Lipinski definition) is 4. The van der Waals surface area contributed by atoms with Gasteiger partial charge in [0.25, 0.3) is 5.78 Å². The van der Waals surface area contributed by atoms with Crippen LogP contribution >= 0.6 is 0 Å². The fourth-order valence-corrected chi connectivity index (χ4v) is 3.47. The van der Waals surface area contributed by atoms with Gasteiger partial charge in [0.15, 0.2) is 5.82 Å². The standard InChI is InChI=1S/C23H23N5O/c1-14-9-5-7-11-18(14)22-26-23-24-16(3)19(17(4)28(23)27-22)13-21(29)25-20-12-8-6-10-15(20)2/h5-12H,13H2,1-4H3,(H,25,29). The van der Waals surface area contributed by atoms with Gasteiger partial charge in [0.2, 0.25) is 5.91 Å². The summed E-state index contributed by atoms with van der Waals surface area (Å²) < 4.78 is 1.73. The van der Waals surface area contributed by atoms with Gasteiger partial charge in [-0.3, -0.25) is 4.79 Å². The van der Waals surface area contributed by atoms with E-state index in [1.165, 1.54) is 0 Å². The molecule has 1 amide bonds. The second-order valence-corrected chi connectivity index (χ2v) is 7.26. The number of nitrogens with zero attached hydrogens (tertiary/aromatic N) is 4. The zero-order valence-corrected chi connectivity index (χ0v) is 17.0. The molecular weight excluding hydrogens is 362 g/mol. The summed E-state index contributed by atoms with van der Waals surface area (Å²) in [6, 6.07) is 15.7. The van der Waals surface area contributed by atoms with Crippen LogP contribution in [-0.4, -0.2) is 25.5 Å². The maximum Gasteiger partial charge on any atom is 0.253 e. The van der Waals surface area contributed by atoms with Gasteiger partial charge in [-0.25, -0.2) is 9.50 Å². The topological polar surface area (TPSA) is 72.2 Å². The van der Waals surface area contributed by atoms with Crippen molar-refractivity contribution >= 4 is 17.4 Å². The van der Waals surface area contributed by atoms with E-state index in [2.05, 4.69) is 20.4 Å². The van der Waals surface area contributed by atoms with Gasteiger partial charge in [0.1, 0.15) is 0 Å². The summed E-state index contributed by atoms with van der Waals surface area (Å²) in [7, 11) is 0. The van der Waals surface area contributed by atoms with E-state index < -0.39 is 0 Å². The normalized spacial score (nSPS) is 11.0. The summed E-state index contributed by atoms with van der Waals surface area (Å²) in [5, 5.41) is 7.65. The van der Waals surface area contributed by atoms with Crippen LogP contribution in [0.15, 0.2) is 48.5 Å². The lowest BCUT2D eigenvalue weighted by molar-refractivity contribution is -0.115. The lowest BCUT2D eigenvalue weighted by Crippen LogP contribution is -2.18. The predicted octanol–water partition coefficient (Wildman–Crippen LogP) is 4.21. The number of hydrogen-bond donors (Lipinski definition) is 1. The molecule has 4 aromatic rings. The Morgan fingerprint density at radius 3 is 2.34 bits per heavy atom. The molecule has 0 aliphatic heterocycles. The van der Waals surface area contributed by atoms with Crippen molar-refractivity contribution in [1.29, 1.82) is 0 Å². The molecule has 4 rings (SSSR count). The maximum absolute atomic E-state index is 12.7. The molecule has 0 bridgehead atoms. The second kappa shape index (κ2) is 7.47. The Labute approximate surface area is 169 Å². The Kier molecular flexibility index (Phi) is 4.84. The highest BCUT2D eigenvalue weighted by molar-refractivity contribution is 5.93. The molecule has 0 spiro atoms. The van der Waals surface area contributed by atoms with Crippen molar-refractivity contribution in [3.8, 4) is 11.4 Å². The SMILES string of the molecule is Cc1ccccc1NC(=O)Cc1c(C)nc2nc(-c3ccccc3C)nn2c1C. The minimum absolute atomic E-state index is 0.0779. The van der Waals surface area contributed by atoms with Gasteiger partial charge in [-0.1, -0.05) is 42.5 Å². The monoisotopic (exact) mass is 385 g/mol. The highest BCUT2D eigenvalue weighted by atomic mass is 16.1. The minimum atomic E-state index is -0.0779. The molecule has 1 N–H and O–H groups in total. The molecule has 0 saturated heterocycles. The molecule has 6 nitrogen and oxygen atoms in total. The van der Waals surface area contributed by atoms with E-state index in [9.17, 15) is 4.79 Å². The van der Waals surface area contributed by atoms with E-state index in [1.807, 2.05) is 76.2 Å². The zero-order chi connectivity index (χ0) is 20.5. The fourth-order valence-electron chi connectivity index (χ4n) is 3.47. The van der Waals surface area contributed by atoms with E-state index >= 15 is 0 Å². The van der Waals surface area contributed by atoms with Gasteiger partial charge in [-0.2, -0.15) is 4.98 Å². The van der Waals surface area contributed by atoms with E-state index in [0.29, 0.717) is 11.6 Å². The zero-order valence-electron chi connectivity index (χ0n) is 17.0. The van der Waals surface area contributed by atoms with Crippen molar-refractivity contribution in [1.82, 2.24) is 19.6 Å². The first kappa shape index (κ1) is 18.8. The van der Waals surface area contributed by atoms with Gasteiger partial charge in [0.05, 0.1) is 6.42 Å². The number of aryl methyl sites for hydroxylation is 4. The first-order chi connectivity index (χ1) is 13.9. The number of amides is 1. The number of benzene rings is 2. The molecule has 2 heterocycles. The Balaban J connectivity index is 1.67. The molecule has 0 unspecified atom stereocenters. The highest BCUT2D eigenvalue weighted by Crippen LogP contribution is 2.22. The summed E-state index contributed by atoms with van der Waals surface area (Å²) in [5.74, 6) is 1.10. The van der Waals surface area contributed by atoms with E-state index in [0.717, 1.165) is 39.3 Å². The first-order valence-corrected chi connectivity index (χ1v) is 9.58. The number of fused-ring (bicyclic) bond motifs is 1. The van der Waals surface area contributed by atoms with Crippen LogP contribution in [-0.2, 0) is 11.2 Å². The fraction of sp³-hybridized carbons (Fsp3) is 0.217. The number of nitrogens with one attached hydrogen (secondary N) is 1. The Morgan fingerprint density at radius 1 is 0.931 bits per heavy atom. The van der Waals surface area contributed by atoms with Gasteiger partial charge in [-0.05, 0) is 44.9 Å². The molecule has 2 aromatic carbocycles. The van der Waals surface area contributed by atoms with Crippen LogP contribution in [0.1, 0.15) is 28.1 Å². The third kappa shape index (κ3) is 3.61. The summed E-state index contributed by atoms with van der Waals surface area (Å²) in [6.45, 7) is 7.87. The smallest absolute Gasteiger partial charge is 0.253 e. The van der Waals surface area contributed by atoms with Crippen molar-refractivity contribution in [3.63, 3.8) is 0 Å². The number of para-hydroxylation sites is 1. The lowest BCUT2D eigenvalue weighted by Gasteiger charge is -2.12. The van der Waals surface area contributed by atoms with E-state index in [-0.39, 0.29) is 12.3 Å². The van der Waals surface area contributed by atoms with Crippen LogP contribution in [0.2, 0.25) is 0 Å². The first-order valence-electron chi connectivity index (χ1n) is 9.58. The summed E-state index contributed by atoms with van der Waals surface area (Å²) >= 11 is 0. The maximum atomic E-state index is 12.7. The predicted molar refractivity (Wildman–Crippen MR) is 114 cm³/mol. The average molecular weight is 385 g/mol. The number of anilines is 1. The summed E-state index contributed by atoms with van der Waals surface area (Å²) in [6.07, 6.45) is 0.231. The van der Waals surface area contributed by atoms with Crippen LogP contribution in [0.5, 0.6) is 0 Å². The van der Waals surface area contributed by atoms with E-state index in [1.54, 1.807) is 4.52 Å². The second-order valence-electron chi connectivity index (χ2n) is 7.26. The van der Waals surface area contributed by atoms with Crippen LogP contribution in [0.25, 0.3) is 17.2 Å². The van der Waals surface area contributed by atoms with Gasteiger partial charge in [-0.15, -0.1) is 5.10 Å². The number of rotatable bonds is 4. The van der Waals surface area contributed by atoms with Gasteiger partial charge in [0, 0.05) is 28.2 Å². The summed E-state index contributed by atoms with van der Waals surface area (Å²) in [5.41, 5.74) is 6.47. The molecule has 0 saturated carbocycles. The van der Waals surface area contributed by atoms with Crippen LogP contribution in [0.4, 0.5) is 5.69 Å². The Bertz CT molecular complexity index is 1230. The third-order valence-corrected chi connectivity index (χ3v) is 5.19. The average Bonchev–Trinajstić information content (AvgIpc) is 3.11. The number of aromatic nitrogens is 4. The van der Waals surface area contributed by atoms with Crippen LogP contribution < -0.4 is 5.32 Å². The number of carbonyl (C=O) groups excluding carboxylic acids is 1. The quantitative estimate of drug-likeness (QED) is 0.571. The summed E-state index contributed by atoms with van der Waals surface area (Å²) in [4.78, 5) is 21.9. The Morgan fingerprint density at radius 2 is 1.62 bits per heavy atom. The molecule has 0 atom stereocenters. The van der Waals surface area contributed by atoms with Crippen molar-refractivity contribution < 1.29 is 4.79 Å². The largest absolute Gasteiger partial charge is 0.326 e. The van der Waals surface area contributed by atoms with Crippen molar-refractivity contribution in [2.45, 2.75) is 34.1 Å². The number of carbonyl (C=O) groups is 1. The van der Waals surface area contributed by atoms with E-state index in [4.69, 9.17) is 0 Å². The molecule has 6 heteroatoms. The van der Waals surface area contributed by atoms with Gasteiger partial charge >= 0.3 is 0 Å². The molecule has 0 aliphatic rings.